The Morgan fingerprint density at radius 3 is 3.05 bits per heavy atom. The molecule has 7 nitrogen and oxygen atoms in total. The lowest BCUT2D eigenvalue weighted by molar-refractivity contribution is -0.128. The fourth-order valence-electron chi connectivity index (χ4n) is 2.25. The Balaban J connectivity index is 1.97. The normalized spacial score (nSPS) is 17.9. The predicted molar refractivity (Wildman–Crippen MR) is 76.0 cm³/mol. The Bertz CT molecular complexity index is 521. The van der Waals surface area contributed by atoms with Gasteiger partial charge in [-0.15, -0.1) is 0 Å². The number of nitrogens with one attached hydrogen (secondary N) is 1. The summed E-state index contributed by atoms with van der Waals surface area (Å²) in [6.45, 7) is 1.39. The van der Waals surface area contributed by atoms with E-state index in [2.05, 4.69) is 10.3 Å². The molecule has 2 amide bonds. The summed E-state index contributed by atoms with van der Waals surface area (Å²) in [5, 5.41) is 2.76. The quantitative estimate of drug-likeness (QED) is 0.827. The smallest absolute Gasteiger partial charge is 0.237 e. The molecule has 0 aliphatic carbocycles. The van der Waals surface area contributed by atoms with Crippen molar-refractivity contribution in [3.63, 3.8) is 0 Å². The first-order chi connectivity index (χ1) is 10.2. The molecule has 1 atom stereocenters. The molecule has 0 unspecified atom stereocenters. The zero-order chi connectivity index (χ0) is 15.2. The lowest BCUT2D eigenvalue weighted by Crippen LogP contribution is -2.30. The van der Waals surface area contributed by atoms with E-state index in [0.29, 0.717) is 31.3 Å². The van der Waals surface area contributed by atoms with Crippen molar-refractivity contribution in [1.29, 1.82) is 0 Å². The summed E-state index contributed by atoms with van der Waals surface area (Å²) in [4.78, 5) is 29.7. The number of amides is 2. The highest BCUT2D eigenvalue weighted by molar-refractivity contribution is 5.97. The molecule has 0 saturated carbocycles. The number of carbonyl (C=O) groups is 2. The number of carbonyl (C=O) groups excluding carboxylic acids is 2. The maximum atomic E-state index is 12.2. The van der Waals surface area contributed by atoms with Gasteiger partial charge in [0.15, 0.2) is 0 Å². The van der Waals surface area contributed by atoms with E-state index >= 15 is 0 Å². The van der Waals surface area contributed by atoms with Gasteiger partial charge in [-0.1, -0.05) is 0 Å². The van der Waals surface area contributed by atoms with Gasteiger partial charge >= 0.3 is 0 Å². The van der Waals surface area contributed by atoms with Gasteiger partial charge < -0.3 is 19.7 Å². The van der Waals surface area contributed by atoms with E-state index in [1.165, 1.54) is 7.11 Å². The van der Waals surface area contributed by atoms with Crippen LogP contribution in [0.3, 0.4) is 0 Å². The number of nitrogens with zero attached hydrogens (tertiary/aromatic N) is 2. The number of likely N-dealkylation sites (tertiary alicyclic amines) is 1. The molecule has 1 aliphatic rings. The summed E-state index contributed by atoms with van der Waals surface area (Å²) in [5.74, 6) is -0.231. The number of anilines is 1. The highest BCUT2D eigenvalue weighted by Crippen LogP contribution is 2.23. The Kier molecular flexibility index (Phi) is 5.10. The number of rotatable bonds is 6. The zero-order valence-corrected chi connectivity index (χ0v) is 12.2. The van der Waals surface area contributed by atoms with Crippen LogP contribution in [0.15, 0.2) is 18.3 Å². The van der Waals surface area contributed by atoms with Gasteiger partial charge in [0, 0.05) is 32.8 Å². The van der Waals surface area contributed by atoms with E-state index < -0.39 is 0 Å². The minimum atomic E-state index is -0.362. The second-order valence-electron chi connectivity index (χ2n) is 4.78. The zero-order valence-electron chi connectivity index (χ0n) is 12.2. The molecular formula is C14H19N3O4. The van der Waals surface area contributed by atoms with Crippen LogP contribution in [0.4, 0.5) is 5.69 Å². The first kappa shape index (κ1) is 15.2. The fraction of sp³-hybridized carbons (Fsp3) is 0.500. The van der Waals surface area contributed by atoms with E-state index in [1.807, 2.05) is 0 Å². The Morgan fingerprint density at radius 1 is 1.52 bits per heavy atom. The van der Waals surface area contributed by atoms with E-state index in [1.54, 1.807) is 30.3 Å². The van der Waals surface area contributed by atoms with Crippen LogP contribution < -0.4 is 10.1 Å². The first-order valence-corrected chi connectivity index (χ1v) is 6.72. The summed E-state index contributed by atoms with van der Waals surface area (Å²) >= 11 is 0. The summed E-state index contributed by atoms with van der Waals surface area (Å²) in [6.07, 6.45) is 1.80. The van der Waals surface area contributed by atoms with Gasteiger partial charge in [0.25, 0.3) is 0 Å². The summed E-state index contributed by atoms with van der Waals surface area (Å²) in [6, 6.07) is 3.42. The maximum absolute atomic E-state index is 12.2. The fourth-order valence-corrected chi connectivity index (χ4v) is 2.25. The lowest BCUT2D eigenvalue weighted by Gasteiger charge is -2.16. The van der Waals surface area contributed by atoms with Gasteiger partial charge in [-0.25, -0.2) is 4.98 Å². The monoisotopic (exact) mass is 293 g/mol. The Morgan fingerprint density at radius 2 is 2.33 bits per heavy atom. The predicted octanol–water partition coefficient (Wildman–Crippen LogP) is 0.524. The molecule has 2 heterocycles. The van der Waals surface area contributed by atoms with Crippen LogP contribution >= 0.6 is 0 Å². The summed E-state index contributed by atoms with van der Waals surface area (Å²) in [7, 11) is 3.07. The average molecular weight is 293 g/mol. The molecule has 1 N–H and O–H groups in total. The molecule has 1 saturated heterocycles. The van der Waals surface area contributed by atoms with Gasteiger partial charge in [-0.2, -0.15) is 0 Å². The van der Waals surface area contributed by atoms with Gasteiger partial charge in [-0.3, -0.25) is 9.59 Å². The summed E-state index contributed by atoms with van der Waals surface area (Å²) in [5.41, 5.74) is 0.507. The van der Waals surface area contributed by atoms with Crippen molar-refractivity contribution < 1.29 is 19.1 Å². The van der Waals surface area contributed by atoms with Crippen LogP contribution in [0.25, 0.3) is 0 Å². The third kappa shape index (κ3) is 3.69. The number of hydrogen-bond acceptors (Lipinski definition) is 5. The van der Waals surface area contributed by atoms with Crippen molar-refractivity contribution in [3.8, 4) is 5.88 Å². The van der Waals surface area contributed by atoms with Crippen LogP contribution in [-0.2, 0) is 14.3 Å². The number of aromatic nitrogens is 1. The van der Waals surface area contributed by atoms with E-state index in [9.17, 15) is 9.59 Å². The molecule has 0 aromatic carbocycles. The Hall–Kier alpha value is -2.15. The van der Waals surface area contributed by atoms with Crippen molar-refractivity contribution in [2.75, 3.05) is 39.2 Å². The molecule has 1 aromatic heterocycles. The SMILES string of the molecule is COCCN1C[C@@H](C(=O)Nc2cccnc2OC)CC1=O. The average Bonchev–Trinajstić information content (AvgIpc) is 2.87. The first-order valence-electron chi connectivity index (χ1n) is 6.72. The molecule has 1 aliphatic heterocycles. The van der Waals surface area contributed by atoms with Crippen LogP contribution in [-0.4, -0.2) is 55.6 Å². The van der Waals surface area contributed by atoms with E-state index in [0.717, 1.165) is 0 Å². The second kappa shape index (κ2) is 7.03. The van der Waals surface area contributed by atoms with E-state index in [-0.39, 0.29) is 24.2 Å². The third-order valence-electron chi connectivity index (χ3n) is 3.37. The molecule has 0 radical (unpaired) electrons. The molecule has 0 spiro atoms. The molecule has 7 heteroatoms. The highest BCUT2D eigenvalue weighted by atomic mass is 16.5. The van der Waals surface area contributed by atoms with Crippen molar-refractivity contribution in [2.24, 2.45) is 5.92 Å². The third-order valence-corrected chi connectivity index (χ3v) is 3.37. The maximum Gasteiger partial charge on any atom is 0.237 e. The van der Waals surface area contributed by atoms with Gasteiger partial charge in [-0.05, 0) is 12.1 Å². The largest absolute Gasteiger partial charge is 0.480 e. The van der Waals surface area contributed by atoms with Gasteiger partial charge in [0.05, 0.1) is 19.6 Å². The number of hydrogen-bond donors (Lipinski definition) is 1. The van der Waals surface area contributed by atoms with Crippen molar-refractivity contribution in [1.82, 2.24) is 9.88 Å². The van der Waals surface area contributed by atoms with Gasteiger partial charge in [0.2, 0.25) is 17.7 Å². The highest BCUT2D eigenvalue weighted by Gasteiger charge is 2.34. The van der Waals surface area contributed by atoms with Crippen LogP contribution in [0.5, 0.6) is 5.88 Å². The van der Waals surface area contributed by atoms with Crippen LogP contribution in [0, 0.1) is 5.92 Å². The van der Waals surface area contributed by atoms with Crippen LogP contribution in [0.1, 0.15) is 6.42 Å². The molecule has 1 fully saturated rings. The second-order valence-corrected chi connectivity index (χ2v) is 4.78. The number of pyridine rings is 1. The van der Waals surface area contributed by atoms with Crippen molar-refractivity contribution >= 4 is 17.5 Å². The molecule has 1 aromatic rings. The minimum Gasteiger partial charge on any atom is -0.480 e. The Labute approximate surface area is 123 Å². The molecule has 114 valence electrons. The molecule has 2 rings (SSSR count). The van der Waals surface area contributed by atoms with E-state index in [4.69, 9.17) is 9.47 Å². The summed E-state index contributed by atoms with van der Waals surface area (Å²) < 4.78 is 10.0. The molecular weight excluding hydrogens is 274 g/mol. The molecule has 0 bridgehead atoms. The standard InChI is InChI=1S/C14H19N3O4/c1-20-7-6-17-9-10(8-12(17)18)13(19)16-11-4-3-5-15-14(11)21-2/h3-5,10H,6-9H2,1-2H3,(H,16,19)/t10-/m0/s1. The number of methoxy groups -OCH3 is 2. The van der Waals surface area contributed by atoms with Crippen LogP contribution in [0.2, 0.25) is 0 Å². The topological polar surface area (TPSA) is 80.8 Å². The number of ether oxygens (including phenoxy) is 2. The lowest BCUT2D eigenvalue weighted by atomic mass is 10.1. The van der Waals surface area contributed by atoms with Gasteiger partial charge in [0.1, 0.15) is 5.69 Å². The molecule has 21 heavy (non-hydrogen) atoms. The van der Waals surface area contributed by atoms with Crippen molar-refractivity contribution in [3.05, 3.63) is 18.3 Å². The minimum absolute atomic E-state index is 0.0228. The van der Waals surface area contributed by atoms with Crippen molar-refractivity contribution in [2.45, 2.75) is 6.42 Å².